The average molecular weight is 315 g/mol. The number of halogens is 3. The summed E-state index contributed by atoms with van der Waals surface area (Å²) >= 11 is 0. The Bertz CT molecular complexity index is 572. The second-order valence-corrected chi connectivity index (χ2v) is 5.15. The molecule has 5 nitrogen and oxygen atoms in total. The van der Waals surface area contributed by atoms with Gasteiger partial charge in [0.15, 0.2) is 17.5 Å². The lowest BCUT2D eigenvalue weighted by Gasteiger charge is -2.35. The number of carbonyl (C=O) groups is 2. The van der Waals surface area contributed by atoms with Gasteiger partial charge in [0.05, 0.1) is 0 Å². The molecule has 1 aliphatic heterocycles. The van der Waals surface area contributed by atoms with Gasteiger partial charge in [-0.25, -0.2) is 18.0 Å². The highest BCUT2D eigenvalue weighted by molar-refractivity contribution is 5.94. The number of carbonyl (C=O) groups excluding carboxylic acids is 2. The zero-order valence-electron chi connectivity index (χ0n) is 11.7. The number of piperidine rings is 1. The van der Waals surface area contributed by atoms with Crippen LogP contribution in [-0.4, -0.2) is 36.0 Å². The minimum atomic E-state index is -1.61. The van der Waals surface area contributed by atoms with Gasteiger partial charge in [-0.2, -0.15) is 0 Å². The Morgan fingerprint density at radius 1 is 1.23 bits per heavy atom. The topological polar surface area (TPSA) is 75.4 Å². The molecule has 0 unspecified atom stereocenters. The molecular formula is C14H16F3N3O2. The molecule has 0 aromatic heterocycles. The van der Waals surface area contributed by atoms with Crippen LogP contribution >= 0.6 is 0 Å². The van der Waals surface area contributed by atoms with Crippen molar-refractivity contribution in [1.29, 1.82) is 0 Å². The number of rotatable bonds is 3. The first-order valence-electron chi connectivity index (χ1n) is 6.89. The molecule has 120 valence electrons. The minimum absolute atomic E-state index is 0.160. The summed E-state index contributed by atoms with van der Waals surface area (Å²) in [5.41, 5.74) is 4.74. The Kier molecular flexibility index (Phi) is 4.89. The summed E-state index contributed by atoms with van der Waals surface area (Å²) < 4.78 is 39.5. The highest BCUT2D eigenvalue weighted by Gasteiger charge is 2.28. The minimum Gasteiger partial charge on any atom is -0.352 e. The van der Waals surface area contributed by atoms with Crippen LogP contribution in [0.25, 0.3) is 0 Å². The fourth-order valence-electron chi connectivity index (χ4n) is 2.54. The Labute approximate surface area is 125 Å². The summed E-state index contributed by atoms with van der Waals surface area (Å²) in [6.45, 7) is 0.553. The maximum Gasteiger partial charge on any atom is 0.312 e. The van der Waals surface area contributed by atoms with E-state index in [2.05, 4.69) is 5.32 Å². The highest BCUT2D eigenvalue weighted by atomic mass is 19.2. The number of hydrogen-bond donors (Lipinski definition) is 2. The molecule has 0 saturated carbocycles. The molecule has 0 spiro atoms. The lowest BCUT2D eigenvalue weighted by molar-refractivity contribution is 0.0614. The quantitative estimate of drug-likeness (QED) is 0.834. The fourth-order valence-corrected chi connectivity index (χ4v) is 2.54. The van der Waals surface area contributed by atoms with Gasteiger partial charge in [-0.15, -0.1) is 0 Å². The molecule has 1 saturated heterocycles. The molecule has 1 aliphatic rings. The van der Waals surface area contributed by atoms with Crippen LogP contribution in [0.1, 0.15) is 29.6 Å². The maximum atomic E-state index is 13.3. The fraction of sp³-hybridized carbons (Fsp3) is 0.429. The van der Waals surface area contributed by atoms with Crippen LogP contribution in [-0.2, 0) is 0 Å². The van der Waals surface area contributed by atoms with Crippen LogP contribution in [0.2, 0.25) is 0 Å². The number of primary amides is 1. The Balaban J connectivity index is 2.20. The molecule has 1 fully saturated rings. The van der Waals surface area contributed by atoms with E-state index >= 15 is 0 Å². The third kappa shape index (κ3) is 3.49. The number of nitrogens with zero attached hydrogens (tertiary/aromatic N) is 1. The Hall–Kier alpha value is -2.25. The SMILES string of the molecule is NC(=O)NC[C@H]1CCCCN1C(=O)c1cc(F)c(F)c(F)c1. The van der Waals surface area contributed by atoms with Crippen molar-refractivity contribution in [2.45, 2.75) is 25.3 Å². The van der Waals surface area contributed by atoms with Gasteiger partial charge in [-0.1, -0.05) is 0 Å². The van der Waals surface area contributed by atoms with Gasteiger partial charge in [-0.05, 0) is 31.4 Å². The normalized spacial score (nSPS) is 18.1. The predicted molar refractivity (Wildman–Crippen MR) is 72.6 cm³/mol. The third-order valence-electron chi connectivity index (χ3n) is 3.63. The Morgan fingerprint density at radius 3 is 2.45 bits per heavy atom. The number of nitrogens with one attached hydrogen (secondary N) is 1. The van der Waals surface area contributed by atoms with Gasteiger partial charge in [0.1, 0.15) is 0 Å². The van der Waals surface area contributed by atoms with Crippen molar-refractivity contribution < 1.29 is 22.8 Å². The zero-order chi connectivity index (χ0) is 16.3. The van der Waals surface area contributed by atoms with Crippen molar-refractivity contribution in [2.75, 3.05) is 13.1 Å². The second kappa shape index (κ2) is 6.67. The molecule has 22 heavy (non-hydrogen) atoms. The van der Waals surface area contributed by atoms with Crippen molar-refractivity contribution in [2.24, 2.45) is 5.73 Å². The van der Waals surface area contributed by atoms with Crippen molar-refractivity contribution in [3.63, 3.8) is 0 Å². The van der Waals surface area contributed by atoms with E-state index in [1.807, 2.05) is 0 Å². The molecule has 8 heteroatoms. The number of urea groups is 1. The zero-order valence-corrected chi connectivity index (χ0v) is 11.7. The number of likely N-dealkylation sites (tertiary alicyclic amines) is 1. The smallest absolute Gasteiger partial charge is 0.312 e. The summed E-state index contributed by atoms with van der Waals surface area (Å²) in [7, 11) is 0. The third-order valence-corrected chi connectivity index (χ3v) is 3.63. The van der Waals surface area contributed by atoms with E-state index in [4.69, 9.17) is 5.73 Å². The van der Waals surface area contributed by atoms with Crippen molar-refractivity contribution in [3.8, 4) is 0 Å². The van der Waals surface area contributed by atoms with Crippen LogP contribution in [0.3, 0.4) is 0 Å². The van der Waals surface area contributed by atoms with E-state index in [1.165, 1.54) is 4.90 Å². The molecule has 0 bridgehead atoms. The number of benzene rings is 1. The van der Waals surface area contributed by atoms with Gasteiger partial charge in [0.25, 0.3) is 5.91 Å². The molecule has 3 amide bonds. The second-order valence-electron chi connectivity index (χ2n) is 5.15. The van der Waals surface area contributed by atoms with Gasteiger partial charge >= 0.3 is 6.03 Å². The lowest BCUT2D eigenvalue weighted by atomic mass is 10.0. The first kappa shape index (κ1) is 16.1. The maximum absolute atomic E-state index is 13.3. The molecule has 2 rings (SSSR count). The van der Waals surface area contributed by atoms with E-state index in [1.54, 1.807) is 0 Å². The molecule has 1 heterocycles. The summed E-state index contributed by atoms with van der Waals surface area (Å²) in [5.74, 6) is -5.03. The first-order chi connectivity index (χ1) is 10.4. The van der Waals surface area contributed by atoms with Crippen LogP contribution < -0.4 is 11.1 Å². The van der Waals surface area contributed by atoms with Crippen molar-refractivity contribution >= 4 is 11.9 Å². The first-order valence-corrected chi connectivity index (χ1v) is 6.89. The van der Waals surface area contributed by atoms with Gasteiger partial charge in [0, 0.05) is 24.7 Å². The standard InChI is InChI=1S/C14H16F3N3O2/c15-10-5-8(6-11(16)12(10)17)13(21)20-4-2-1-3-9(20)7-19-14(18)22/h5-6,9H,1-4,7H2,(H3,18,19,22)/t9-/m1/s1. The van der Waals surface area contributed by atoms with Crippen LogP contribution in [0.5, 0.6) is 0 Å². The Morgan fingerprint density at radius 2 is 1.86 bits per heavy atom. The molecule has 0 aliphatic carbocycles. The van der Waals surface area contributed by atoms with Gasteiger partial charge in [-0.3, -0.25) is 4.79 Å². The van der Waals surface area contributed by atoms with E-state index in [-0.39, 0.29) is 18.2 Å². The summed E-state index contributed by atoms with van der Waals surface area (Å²) in [6, 6.07) is 0.323. The molecular weight excluding hydrogens is 299 g/mol. The number of nitrogens with two attached hydrogens (primary N) is 1. The van der Waals surface area contributed by atoms with E-state index in [9.17, 15) is 22.8 Å². The summed E-state index contributed by atoms with van der Waals surface area (Å²) in [4.78, 5) is 24.6. The molecule has 0 radical (unpaired) electrons. The molecule has 1 atom stereocenters. The van der Waals surface area contributed by atoms with Crippen molar-refractivity contribution in [1.82, 2.24) is 10.2 Å². The van der Waals surface area contributed by atoms with Crippen LogP contribution in [0.4, 0.5) is 18.0 Å². The van der Waals surface area contributed by atoms with E-state index in [0.717, 1.165) is 12.8 Å². The largest absolute Gasteiger partial charge is 0.352 e. The lowest BCUT2D eigenvalue weighted by Crippen LogP contribution is -2.50. The molecule has 3 N–H and O–H groups in total. The summed E-state index contributed by atoms with van der Waals surface area (Å²) in [5, 5.41) is 2.42. The van der Waals surface area contributed by atoms with Crippen LogP contribution in [0, 0.1) is 17.5 Å². The number of hydrogen-bond acceptors (Lipinski definition) is 2. The van der Waals surface area contributed by atoms with Crippen molar-refractivity contribution in [3.05, 3.63) is 35.1 Å². The summed E-state index contributed by atoms with van der Waals surface area (Å²) in [6.07, 6.45) is 2.24. The predicted octanol–water partition coefficient (Wildman–Crippen LogP) is 1.77. The van der Waals surface area contributed by atoms with E-state index < -0.39 is 29.4 Å². The monoisotopic (exact) mass is 315 g/mol. The number of amides is 3. The van der Waals surface area contributed by atoms with Crippen LogP contribution in [0.15, 0.2) is 12.1 Å². The van der Waals surface area contributed by atoms with Gasteiger partial charge in [0.2, 0.25) is 0 Å². The van der Waals surface area contributed by atoms with E-state index in [0.29, 0.717) is 25.1 Å². The molecule has 1 aromatic rings. The molecule has 1 aromatic carbocycles. The van der Waals surface area contributed by atoms with Gasteiger partial charge < -0.3 is 16.0 Å². The highest BCUT2D eigenvalue weighted by Crippen LogP contribution is 2.21. The average Bonchev–Trinajstić information content (AvgIpc) is 2.49.